The molecule has 0 radical (unpaired) electrons. The number of anilines is 1. The van der Waals surface area contributed by atoms with Crippen molar-refractivity contribution in [3.63, 3.8) is 0 Å². The van der Waals surface area contributed by atoms with Gasteiger partial charge < -0.3 is 9.88 Å². The zero-order valence-electron chi connectivity index (χ0n) is 15.7. The van der Waals surface area contributed by atoms with E-state index < -0.39 is 15.7 Å². The number of nitrogens with zero attached hydrogens (tertiary/aromatic N) is 2. The minimum atomic E-state index is -3.83. The Morgan fingerprint density at radius 3 is 2.39 bits per heavy atom. The van der Waals surface area contributed by atoms with Crippen molar-refractivity contribution in [2.75, 3.05) is 5.32 Å². The van der Waals surface area contributed by atoms with Crippen molar-refractivity contribution >= 4 is 21.6 Å². The third-order valence-corrected chi connectivity index (χ3v) is 6.51. The number of sulfone groups is 1. The summed E-state index contributed by atoms with van der Waals surface area (Å²) in [5.41, 5.74) is 1.73. The van der Waals surface area contributed by atoms with Crippen LogP contribution in [0.3, 0.4) is 0 Å². The number of pyridine rings is 1. The molecule has 28 heavy (non-hydrogen) atoms. The van der Waals surface area contributed by atoms with Crippen molar-refractivity contribution in [1.29, 1.82) is 0 Å². The largest absolute Gasteiger partial charge is 0.327 e. The smallest absolute Gasteiger partial charge is 0.256 e. The highest BCUT2D eigenvalue weighted by Gasteiger charge is 2.30. The lowest BCUT2D eigenvalue weighted by atomic mass is 10.2. The van der Waals surface area contributed by atoms with Gasteiger partial charge in [0.05, 0.1) is 4.90 Å². The molecule has 1 amide bonds. The van der Waals surface area contributed by atoms with Crippen LogP contribution in [-0.4, -0.2) is 23.9 Å². The predicted molar refractivity (Wildman–Crippen MR) is 108 cm³/mol. The number of hydrogen-bond donors (Lipinski definition) is 1. The molecule has 0 saturated carbocycles. The zero-order chi connectivity index (χ0) is 20.3. The van der Waals surface area contributed by atoms with E-state index in [9.17, 15) is 13.2 Å². The first-order chi connectivity index (χ1) is 13.4. The summed E-state index contributed by atoms with van der Waals surface area (Å²) in [5, 5.41) is 2.79. The first-order valence-corrected chi connectivity index (χ1v) is 10.2. The van der Waals surface area contributed by atoms with Crippen LogP contribution in [0.2, 0.25) is 0 Å². The van der Waals surface area contributed by atoms with E-state index in [1.807, 2.05) is 6.92 Å². The van der Waals surface area contributed by atoms with Gasteiger partial charge in [-0.25, -0.2) is 8.42 Å². The van der Waals surface area contributed by atoms with E-state index in [2.05, 4.69) is 16.9 Å². The third-order valence-electron chi connectivity index (χ3n) is 4.58. The van der Waals surface area contributed by atoms with Crippen LogP contribution in [0.1, 0.15) is 21.6 Å². The Hall–Kier alpha value is -3.19. The molecule has 0 aliphatic carbocycles. The Morgan fingerprint density at radius 2 is 1.79 bits per heavy atom. The number of carbonyl (C=O) groups excluding carboxylic acids is 1. The summed E-state index contributed by atoms with van der Waals surface area (Å²) in [6, 6.07) is 11.3. The Bertz CT molecular complexity index is 1120. The van der Waals surface area contributed by atoms with Gasteiger partial charge in [-0.2, -0.15) is 0 Å². The van der Waals surface area contributed by atoms with Crippen LogP contribution in [0.15, 0.2) is 77.3 Å². The van der Waals surface area contributed by atoms with Gasteiger partial charge >= 0.3 is 0 Å². The van der Waals surface area contributed by atoms with Crippen LogP contribution in [0.25, 0.3) is 0 Å². The van der Waals surface area contributed by atoms with Crippen molar-refractivity contribution in [3.8, 4) is 0 Å². The lowest BCUT2D eigenvalue weighted by Crippen LogP contribution is -2.18. The summed E-state index contributed by atoms with van der Waals surface area (Å²) in [6.45, 7) is 7.67. The Labute approximate surface area is 164 Å². The van der Waals surface area contributed by atoms with E-state index >= 15 is 0 Å². The van der Waals surface area contributed by atoms with Gasteiger partial charge in [0.1, 0.15) is 10.7 Å². The second-order valence-electron chi connectivity index (χ2n) is 6.29. The molecule has 0 spiro atoms. The maximum absolute atomic E-state index is 13.4. The fraction of sp³-hybridized carbons (Fsp3) is 0.143. The molecule has 2 heterocycles. The Morgan fingerprint density at radius 1 is 1.14 bits per heavy atom. The molecule has 6 nitrogen and oxygen atoms in total. The molecular formula is C21H21N3O3S. The summed E-state index contributed by atoms with van der Waals surface area (Å²) >= 11 is 0. The minimum Gasteiger partial charge on any atom is -0.327 e. The maximum atomic E-state index is 13.4. The van der Waals surface area contributed by atoms with Crippen molar-refractivity contribution < 1.29 is 13.2 Å². The summed E-state index contributed by atoms with van der Waals surface area (Å²) in [7, 11) is -3.83. The van der Waals surface area contributed by atoms with Crippen LogP contribution >= 0.6 is 0 Å². The molecule has 144 valence electrons. The fourth-order valence-electron chi connectivity index (χ4n) is 3.05. The van der Waals surface area contributed by atoms with Crippen molar-refractivity contribution in [2.45, 2.75) is 30.2 Å². The van der Waals surface area contributed by atoms with Crippen LogP contribution in [0.4, 0.5) is 5.82 Å². The van der Waals surface area contributed by atoms with E-state index in [0.717, 1.165) is 5.69 Å². The molecule has 1 N–H and O–H groups in total. The number of carbonyl (C=O) groups is 1. The van der Waals surface area contributed by atoms with Crippen molar-refractivity contribution in [2.24, 2.45) is 0 Å². The number of rotatable bonds is 6. The van der Waals surface area contributed by atoms with Gasteiger partial charge in [0.25, 0.3) is 5.91 Å². The second-order valence-corrected chi connectivity index (χ2v) is 8.18. The molecule has 7 heteroatoms. The summed E-state index contributed by atoms with van der Waals surface area (Å²) < 4.78 is 28.5. The van der Waals surface area contributed by atoms with E-state index in [0.29, 0.717) is 17.7 Å². The normalized spacial score (nSPS) is 11.2. The number of benzene rings is 1. The molecule has 0 atom stereocenters. The molecule has 3 rings (SSSR count). The minimum absolute atomic E-state index is 0.0976. The Kier molecular flexibility index (Phi) is 5.46. The van der Waals surface area contributed by atoms with Gasteiger partial charge in [0.2, 0.25) is 9.84 Å². The van der Waals surface area contributed by atoms with Crippen LogP contribution < -0.4 is 5.32 Å². The molecule has 0 fully saturated rings. The molecule has 3 aromatic rings. The van der Waals surface area contributed by atoms with E-state index in [-0.39, 0.29) is 15.6 Å². The molecule has 2 aromatic heterocycles. The maximum Gasteiger partial charge on any atom is 0.256 e. The first kappa shape index (κ1) is 19.6. The highest BCUT2D eigenvalue weighted by molar-refractivity contribution is 7.91. The number of amides is 1. The second kappa shape index (κ2) is 7.82. The summed E-state index contributed by atoms with van der Waals surface area (Å²) in [5.74, 6) is -0.171. The molecule has 0 bridgehead atoms. The quantitative estimate of drug-likeness (QED) is 0.644. The molecule has 1 aromatic carbocycles. The molecule has 0 aliphatic heterocycles. The number of hydrogen-bond acceptors (Lipinski definition) is 4. The third kappa shape index (κ3) is 3.48. The lowest BCUT2D eigenvalue weighted by Gasteiger charge is -2.13. The standard InChI is InChI=1S/C21H21N3O3S/c1-4-14-24-16(3)15(2)19(28(26,27)18-8-6-5-7-9-18)20(24)23-21(25)17-10-12-22-13-11-17/h4-13H,1,14H2,2-3H3,(H,23,25). The average molecular weight is 395 g/mol. The molecular weight excluding hydrogens is 374 g/mol. The van der Waals surface area contributed by atoms with Crippen LogP contribution in [0, 0.1) is 13.8 Å². The van der Waals surface area contributed by atoms with Crippen LogP contribution in [0.5, 0.6) is 0 Å². The van der Waals surface area contributed by atoms with Crippen molar-refractivity contribution in [1.82, 2.24) is 9.55 Å². The Balaban J connectivity index is 2.19. The number of aromatic nitrogens is 2. The molecule has 0 aliphatic rings. The SMILES string of the molecule is C=CCn1c(C)c(C)c(S(=O)(=O)c2ccccc2)c1NC(=O)c1ccncc1. The summed E-state index contributed by atoms with van der Waals surface area (Å²) in [4.78, 5) is 16.9. The molecule has 0 unspecified atom stereocenters. The summed E-state index contributed by atoms with van der Waals surface area (Å²) in [6.07, 6.45) is 4.68. The van der Waals surface area contributed by atoms with E-state index in [1.54, 1.807) is 60.0 Å². The van der Waals surface area contributed by atoms with Crippen molar-refractivity contribution in [3.05, 3.63) is 84.3 Å². The highest BCUT2D eigenvalue weighted by Crippen LogP contribution is 2.35. The topological polar surface area (TPSA) is 81.1 Å². The fourth-order valence-corrected chi connectivity index (χ4v) is 4.76. The number of allylic oxidation sites excluding steroid dienone is 1. The zero-order valence-corrected chi connectivity index (χ0v) is 16.5. The molecule has 0 saturated heterocycles. The van der Waals surface area contributed by atoms with Gasteiger partial charge in [-0.3, -0.25) is 9.78 Å². The van der Waals surface area contributed by atoms with Crippen LogP contribution in [-0.2, 0) is 16.4 Å². The monoisotopic (exact) mass is 395 g/mol. The van der Waals surface area contributed by atoms with Gasteiger partial charge in [-0.1, -0.05) is 24.3 Å². The van der Waals surface area contributed by atoms with E-state index in [4.69, 9.17) is 0 Å². The van der Waals surface area contributed by atoms with Gasteiger partial charge in [-0.05, 0) is 43.7 Å². The predicted octanol–water partition coefficient (Wildman–Crippen LogP) is 3.77. The van der Waals surface area contributed by atoms with E-state index in [1.165, 1.54) is 12.4 Å². The number of nitrogens with one attached hydrogen (secondary N) is 1. The lowest BCUT2D eigenvalue weighted by molar-refractivity contribution is 0.102. The van der Waals surface area contributed by atoms with Gasteiger partial charge in [0.15, 0.2) is 0 Å². The van der Waals surface area contributed by atoms with Gasteiger partial charge in [0, 0.05) is 30.2 Å². The van der Waals surface area contributed by atoms with Gasteiger partial charge in [-0.15, -0.1) is 6.58 Å². The first-order valence-electron chi connectivity index (χ1n) is 8.70. The average Bonchev–Trinajstić information content (AvgIpc) is 2.94. The highest BCUT2D eigenvalue weighted by atomic mass is 32.2.